The quantitative estimate of drug-likeness (QED) is 0.902. The van der Waals surface area contributed by atoms with Crippen molar-refractivity contribution in [3.05, 3.63) is 22.4 Å². The SMILES string of the molecule is CCCn1cc(Br)cc1C(=O)N(C)CC1CC(O)C1. The predicted molar refractivity (Wildman–Crippen MR) is 78.1 cm³/mol. The first-order valence-electron chi connectivity index (χ1n) is 6.80. The van der Waals surface area contributed by atoms with Crippen molar-refractivity contribution in [1.29, 1.82) is 0 Å². The van der Waals surface area contributed by atoms with Gasteiger partial charge >= 0.3 is 0 Å². The standard InChI is InChI=1S/C14H21BrN2O2/c1-3-4-17-9-11(15)7-13(17)14(19)16(2)8-10-5-12(18)6-10/h7,9-10,12,18H,3-6,8H2,1-2H3. The maximum Gasteiger partial charge on any atom is 0.270 e. The number of amides is 1. The Labute approximate surface area is 122 Å². The maximum atomic E-state index is 12.4. The number of halogens is 1. The van der Waals surface area contributed by atoms with Crippen LogP contribution in [0.4, 0.5) is 0 Å². The van der Waals surface area contributed by atoms with E-state index in [2.05, 4.69) is 22.9 Å². The summed E-state index contributed by atoms with van der Waals surface area (Å²) in [7, 11) is 1.84. The fourth-order valence-corrected chi connectivity index (χ4v) is 3.06. The van der Waals surface area contributed by atoms with Crippen LogP contribution >= 0.6 is 15.9 Å². The minimum atomic E-state index is -0.161. The molecule has 1 N–H and O–H groups in total. The lowest BCUT2D eigenvalue weighted by atomic mass is 9.82. The number of aliphatic hydroxyl groups is 1. The first-order valence-corrected chi connectivity index (χ1v) is 7.59. The third-order valence-corrected chi connectivity index (χ3v) is 4.07. The van der Waals surface area contributed by atoms with Crippen LogP contribution in [-0.2, 0) is 6.54 Å². The monoisotopic (exact) mass is 328 g/mol. The van der Waals surface area contributed by atoms with Gasteiger partial charge in [-0.2, -0.15) is 0 Å². The van der Waals surface area contributed by atoms with E-state index in [1.807, 2.05) is 23.9 Å². The van der Waals surface area contributed by atoms with Gasteiger partial charge in [0.25, 0.3) is 5.91 Å². The smallest absolute Gasteiger partial charge is 0.270 e. The third kappa shape index (κ3) is 3.39. The van der Waals surface area contributed by atoms with Crippen LogP contribution in [0.3, 0.4) is 0 Å². The normalized spacial score (nSPS) is 22.1. The molecule has 0 bridgehead atoms. The molecule has 1 fully saturated rings. The molecule has 5 heteroatoms. The Hall–Kier alpha value is -0.810. The number of aromatic nitrogens is 1. The van der Waals surface area contributed by atoms with Crippen LogP contribution in [0.25, 0.3) is 0 Å². The number of hydrogen-bond donors (Lipinski definition) is 1. The van der Waals surface area contributed by atoms with Crippen molar-refractivity contribution in [2.45, 2.75) is 38.8 Å². The van der Waals surface area contributed by atoms with Crippen LogP contribution in [0.2, 0.25) is 0 Å². The molecule has 2 rings (SSSR count). The van der Waals surface area contributed by atoms with Crippen LogP contribution in [0, 0.1) is 5.92 Å². The van der Waals surface area contributed by atoms with Gasteiger partial charge in [-0.15, -0.1) is 0 Å². The summed E-state index contributed by atoms with van der Waals surface area (Å²) >= 11 is 3.43. The maximum absolute atomic E-state index is 12.4. The molecular formula is C14H21BrN2O2. The number of carbonyl (C=O) groups excluding carboxylic acids is 1. The van der Waals surface area contributed by atoms with Gasteiger partial charge in [-0.25, -0.2) is 0 Å². The minimum Gasteiger partial charge on any atom is -0.393 e. The number of carbonyl (C=O) groups is 1. The zero-order valence-electron chi connectivity index (χ0n) is 11.5. The molecule has 0 spiro atoms. The van der Waals surface area contributed by atoms with E-state index in [0.29, 0.717) is 5.92 Å². The second-order valence-corrected chi connectivity index (χ2v) is 6.33. The summed E-state index contributed by atoms with van der Waals surface area (Å²) in [6.07, 6.45) is 4.43. The van der Waals surface area contributed by atoms with Gasteiger partial charge in [0.1, 0.15) is 5.69 Å². The summed E-state index contributed by atoms with van der Waals surface area (Å²) in [6.45, 7) is 3.68. The summed E-state index contributed by atoms with van der Waals surface area (Å²) in [4.78, 5) is 14.2. The van der Waals surface area contributed by atoms with Crippen LogP contribution in [-0.4, -0.2) is 40.2 Å². The van der Waals surface area contributed by atoms with Crippen LogP contribution in [0.1, 0.15) is 36.7 Å². The molecule has 0 radical (unpaired) electrons. The Morgan fingerprint density at radius 3 is 2.84 bits per heavy atom. The van der Waals surface area contributed by atoms with Gasteiger partial charge in [-0.3, -0.25) is 4.79 Å². The second-order valence-electron chi connectivity index (χ2n) is 5.41. The van der Waals surface area contributed by atoms with E-state index in [1.165, 1.54) is 0 Å². The fraction of sp³-hybridized carbons (Fsp3) is 0.643. The molecule has 19 heavy (non-hydrogen) atoms. The topological polar surface area (TPSA) is 45.5 Å². The van der Waals surface area contributed by atoms with Crippen molar-refractivity contribution < 1.29 is 9.90 Å². The molecule has 0 unspecified atom stereocenters. The predicted octanol–water partition coefficient (Wildman–Crippen LogP) is 2.50. The lowest BCUT2D eigenvalue weighted by Crippen LogP contribution is -2.40. The molecule has 1 aromatic heterocycles. The molecule has 4 nitrogen and oxygen atoms in total. The lowest BCUT2D eigenvalue weighted by molar-refractivity contribution is 0.0262. The summed E-state index contributed by atoms with van der Waals surface area (Å²) in [5.41, 5.74) is 0.732. The van der Waals surface area contributed by atoms with Crippen molar-refractivity contribution in [3.63, 3.8) is 0 Å². The van der Waals surface area contributed by atoms with E-state index in [9.17, 15) is 9.90 Å². The highest BCUT2D eigenvalue weighted by Gasteiger charge is 2.29. The highest BCUT2D eigenvalue weighted by molar-refractivity contribution is 9.10. The largest absolute Gasteiger partial charge is 0.393 e. The lowest BCUT2D eigenvalue weighted by Gasteiger charge is -2.34. The highest BCUT2D eigenvalue weighted by atomic mass is 79.9. The Bertz CT molecular complexity index is 452. The molecule has 1 aromatic rings. The fourth-order valence-electron chi connectivity index (χ4n) is 2.60. The van der Waals surface area contributed by atoms with Crippen molar-refractivity contribution in [3.8, 4) is 0 Å². The Morgan fingerprint density at radius 1 is 1.58 bits per heavy atom. The van der Waals surface area contributed by atoms with E-state index in [0.717, 1.165) is 42.5 Å². The Kier molecular flexibility index (Phi) is 4.68. The van der Waals surface area contributed by atoms with Gasteiger partial charge in [-0.1, -0.05) is 6.92 Å². The molecule has 0 aliphatic heterocycles. The summed E-state index contributed by atoms with van der Waals surface area (Å²) in [6, 6.07) is 1.88. The van der Waals surface area contributed by atoms with Gasteiger partial charge in [0.05, 0.1) is 6.10 Å². The van der Waals surface area contributed by atoms with Crippen molar-refractivity contribution in [1.82, 2.24) is 9.47 Å². The van der Waals surface area contributed by atoms with Crippen LogP contribution in [0.5, 0.6) is 0 Å². The average molecular weight is 329 g/mol. The van der Waals surface area contributed by atoms with E-state index < -0.39 is 0 Å². The number of nitrogens with zero attached hydrogens (tertiary/aromatic N) is 2. The molecule has 0 atom stereocenters. The molecule has 1 saturated carbocycles. The molecule has 1 heterocycles. The molecule has 106 valence electrons. The molecule has 1 aliphatic rings. The third-order valence-electron chi connectivity index (χ3n) is 3.64. The summed E-state index contributed by atoms with van der Waals surface area (Å²) < 4.78 is 2.94. The van der Waals surface area contributed by atoms with Gasteiger partial charge in [0, 0.05) is 30.8 Å². The first-order chi connectivity index (χ1) is 9.01. The van der Waals surface area contributed by atoms with Gasteiger partial charge in [-0.05, 0) is 47.2 Å². The minimum absolute atomic E-state index is 0.0561. The highest BCUT2D eigenvalue weighted by Crippen LogP contribution is 2.28. The van der Waals surface area contributed by atoms with Gasteiger partial charge < -0.3 is 14.6 Å². The van der Waals surface area contributed by atoms with Gasteiger partial charge in [0.2, 0.25) is 0 Å². The molecule has 1 amide bonds. The van der Waals surface area contributed by atoms with Crippen LogP contribution < -0.4 is 0 Å². The Morgan fingerprint density at radius 2 is 2.26 bits per heavy atom. The van der Waals surface area contributed by atoms with E-state index >= 15 is 0 Å². The van der Waals surface area contributed by atoms with E-state index in [1.54, 1.807) is 4.90 Å². The summed E-state index contributed by atoms with van der Waals surface area (Å²) in [5.74, 6) is 0.502. The first kappa shape index (κ1) is 14.6. The average Bonchev–Trinajstić information content (AvgIpc) is 2.68. The van der Waals surface area contributed by atoms with E-state index in [4.69, 9.17) is 0 Å². The molecule has 0 saturated heterocycles. The zero-order valence-corrected chi connectivity index (χ0v) is 13.1. The number of aliphatic hydroxyl groups excluding tert-OH is 1. The van der Waals surface area contributed by atoms with Crippen molar-refractivity contribution >= 4 is 21.8 Å². The van der Waals surface area contributed by atoms with Crippen molar-refractivity contribution in [2.24, 2.45) is 5.92 Å². The Balaban J connectivity index is 2.01. The number of aryl methyl sites for hydroxylation is 1. The molecular weight excluding hydrogens is 308 g/mol. The van der Waals surface area contributed by atoms with Crippen LogP contribution in [0.15, 0.2) is 16.7 Å². The molecule has 0 aromatic carbocycles. The van der Waals surface area contributed by atoms with Crippen molar-refractivity contribution in [2.75, 3.05) is 13.6 Å². The number of hydrogen-bond acceptors (Lipinski definition) is 2. The zero-order chi connectivity index (χ0) is 14.0. The number of rotatable bonds is 5. The molecule has 1 aliphatic carbocycles. The van der Waals surface area contributed by atoms with Gasteiger partial charge in [0.15, 0.2) is 0 Å². The van der Waals surface area contributed by atoms with E-state index in [-0.39, 0.29) is 12.0 Å². The summed E-state index contributed by atoms with van der Waals surface area (Å²) in [5, 5.41) is 9.29. The second kappa shape index (κ2) is 6.09.